The van der Waals surface area contributed by atoms with Gasteiger partial charge in [-0.2, -0.15) is 0 Å². The zero-order valence-electron chi connectivity index (χ0n) is 26.9. The van der Waals surface area contributed by atoms with Gasteiger partial charge in [0, 0.05) is 13.7 Å². The molecule has 9 heteroatoms. The van der Waals surface area contributed by atoms with Gasteiger partial charge in [-0.05, 0) is 58.7 Å². The van der Waals surface area contributed by atoms with Crippen molar-refractivity contribution in [3.8, 4) is 0 Å². The van der Waals surface area contributed by atoms with Gasteiger partial charge in [-0.1, -0.05) is 79.2 Å². The van der Waals surface area contributed by atoms with Crippen LogP contribution in [-0.2, 0) is 19.2 Å². The van der Waals surface area contributed by atoms with E-state index in [-0.39, 0.29) is 24.5 Å². The van der Waals surface area contributed by atoms with E-state index >= 15 is 0 Å². The Morgan fingerprint density at radius 3 is 2.02 bits per heavy atom. The topological polar surface area (TPSA) is 128 Å². The Morgan fingerprint density at radius 2 is 1.60 bits per heavy atom. The first-order chi connectivity index (χ1) is 19.3. The first-order valence-corrected chi connectivity index (χ1v) is 15.3. The molecule has 1 saturated carbocycles. The number of carbonyl (C=O) groups is 4. The molecule has 40 heavy (non-hydrogen) atoms. The molecular weight excluding hydrogens is 508 g/mol. The van der Waals surface area contributed by atoms with Crippen LogP contribution in [0, 0.1) is 5.92 Å². The second kappa shape index (κ2) is 29.9. The summed E-state index contributed by atoms with van der Waals surface area (Å²) < 4.78 is 0. The largest absolute Gasteiger partial charge is 0.400 e. The Hall–Kier alpha value is -2.10. The number of nitrogens with one attached hydrogen (secondary N) is 3. The summed E-state index contributed by atoms with van der Waals surface area (Å²) in [6, 6.07) is -0.838. The molecule has 2 aliphatic rings. The number of hydrogen-bond acceptors (Lipinski definition) is 7. The van der Waals surface area contributed by atoms with Crippen molar-refractivity contribution in [1.29, 1.82) is 0 Å². The number of aliphatic hydroxyl groups is 1. The number of carbonyl (C=O) groups excluding carboxylic acids is 4. The van der Waals surface area contributed by atoms with Crippen LogP contribution in [-0.4, -0.2) is 86.3 Å². The summed E-state index contributed by atoms with van der Waals surface area (Å²) in [5.74, 6) is -0.803. The van der Waals surface area contributed by atoms with Gasteiger partial charge in [-0.15, -0.1) is 6.58 Å². The highest BCUT2D eigenvalue weighted by atomic mass is 16.2. The van der Waals surface area contributed by atoms with E-state index < -0.39 is 17.7 Å². The van der Waals surface area contributed by atoms with Crippen LogP contribution >= 0.6 is 0 Å². The molecule has 2 fully saturated rings. The van der Waals surface area contributed by atoms with Crippen LogP contribution in [0.1, 0.15) is 105 Å². The van der Waals surface area contributed by atoms with Crippen molar-refractivity contribution in [3.63, 3.8) is 0 Å². The van der Waals surface area contributed by atoms with Crippen LogP contribution < -0.4 is 16.0 Å². The summed E-state index contributed by atoms with van der Waals surface area (Å²) in [5, 5.41) is 15.3. The highest BCUT2D eigenvalue weighted by molar-refractivity contribution is 6.38. The van der Waals surface area contributed by atoms with Crippen molar-refractivity contribution in [2.45, 2.75) is 123 Å². The Morgan fingerprint density at radius 1 is 1.02 bits per heavy atom. The normalized spacial score (nSPS) is 17.8. The van der Waals surface area contributed by atoms with Crippen LogP contribution in [0.25, 0.3) is 0 Å². The lowest BCUT2D eigenvalue weighted by molar-refractivity contribution is -0.140. The second-order valence-corrected chi connectivity index (χ2v) is 9.76. The van der Waals surface area contributed by atoms with E-state index in [9.17, 15) is 19.2 Å². The number of nitrogens with zero attached hydrogens (tertiary/aromatic N) is 1. The number of amides is 2. The minimum absolute atomic E-state index is 0.107. The zero-order chi connectivity index (χ0) is 31.3. The second-order valence-electron chi connectivity index (χ2n) is 9.76. The zero-order valence-corrected chi connectivity index (χ0v) is 26.9. The third-order valence-electron chi connectivity index (χ3n) is 6.57. The number of likely N-dealkylation sites (tertiary alicyclic amines) is 1. The van der Waals surface area contributed by atoms with Crippen LogP contribution in [0.15, 0.2) is 12.7 Å². The quantitative estimate of drug-likeness (QED) is 0.158. The summed E-state index contributed by atoms with van der Waals surface area (Å²) in [6.45, 7) is 14.9. The van der Waals surface area contributed by atoms with Crippen molar-refractivity contribution in [2.75, 3.05) is 34.3 Å². The van der Waals surface area contributed by atoms with Gasteiger partial charge >= 0.3 is 0 Å². The fourth-order valence-corrected chi connectivity index (χ4v) is 4.50. The maximum Gasteiger partial charge on any atom is 0.289 e. The molecule has 1 heterocycles. The molecule has 0 aromatic heterocycles. The summed E-state index contributed by atoms with van der Waals surface area (Å²) >= 11 is 0. The van der Waals surface area contributed by atoms with Gasteiger partial charge in [0.2, 0.25) is 11.7 Å². The molecule has 0 aromatic rings. The molecule has 9 nitrogen and oxygen atoms in total. The predicted molar refractivity (Wildman–Crippen MR) is 166 cm³/mol. The molecule has 1 aliphatic carbocycles. The Labute approximate surface area is 245 Å². The Kier molecular flexibility index (Phi) is 31.6. The Balaban J connectivity index is -0.000000632. The predicted octanol–water partition coefficient (Wildman–Crippen LogP) is 4.03. The van der Waals surface area contributed by atoms with Crippen molar-refractivity contribution in [3.05, 3.63) is 12.7 Å². The summed E-state index contributed by atoms with van der Waals surface area (Å²) in [6.07, 6.45) is 14.2. The van der Waals surface area contributed by atoms with Gasteiger partial charge in [-0.3, -0.25) is 19.3 Å². The van der Waals surface area contributed by atoms with Crippen molar-refractivity contribution < 1.29 is 24.3 Å². The number of ketones is 1. The van der Waals surface area contributed by atoms with Crippen LogP contribution in [0.3, 0.4) is 0 Å². The maximum atomic E-state index is 12.3. The molecule has 0 bridgehead atoms. The van der Waals surface area contributed by atoms with Crippen molar-refractivity contribution in [2.24, 2.45) is 5.92 Å². The van der Waals surface area contributed by atoms with Crippen LogP contribution in [0.5, 0.6) is 0 Å². The van der Waals surface area contributed by atoms with E-state index in [1.165, 1.54) is 44.6 Å². The fourth-order valence-electron chi connectivity index (χ4n) is 4.50. The van der Waals surface area contributed by atoms with E-state index in [1.807, 2.05) is 39.8 Å². The van der Waals surface area contributed by atoms with Gasteiger partial charge in [-0.25, -0.2) is 0 Å². The summed E-state index contributed by atoms with van der Waals surface area (Å²) in [7, 11) is 4.77. The van der Waals surface area contributed by atoms with Gasteiger partial charge < -0.3 is 25.9 Å². The highest BCUT2D eigenvalue weighted by Crippen LogP contribution is 2.25. The molecule has 3 atom stereocenters. The van der Waals surface area contributed by atoms with Crippen molar-refractivity contribution >= 4 is 23.9 Å². The number of unbranched alkanes of at least 4 members (excludes halogenated alkanes) is 1. The molecule has 4 N–H and O–H groups in total. The van der Waals surface area contributed by atoms with E-state index in [1.54, 1.807) is 0 Å². The minimum atomic E-state index is -0.744. The molecule has 0 aromatic carbocycles. The van der Waals surface area contributed by atoms with Gasteiger partial charge in [0.25, 0.3) is 5.91 Å². The molecule has 0 radical (unpaired) electrons. The SMILES string of the molecule is C=CCNC(=O)C(=O)C(CCCC)NC(=O)C1CCCN1C.CC.CCC.CNC(C=O)C1CCCCC1.CO. The average Bonchev–Trinajstić information content (AvgIpc) is 3.43. The van der Waals surface area contributed by atoms with Crippen LogP contribution in [0.4, 0.5) is 0 Å². The average molecular weight is 571 g/mol. The maximum absolute atomic E-state index is 12.3. The molecule has 1 aliphatic heterocycles. The number of aliphatic hydroxyl groups excluding tert-OH is 1. The molecule has 3 unspecified atom stereocenters. The monoisotopic (exact) mass is 570 g/mol. The van der Waals surface area contributed by atoms with E-state index in [2.05, 4.69) is 36.4 Å². The minimum Gasteiger partial charge on any atom is -0.400 e. The fraction of sp³-hybridized carbons (Fsp3) is 0.806. The standard InChI is InChI=1S/C16H27N3O3.C9H17NO.C3H8.C2H6.CH4O/c1-4-6-8-12(14(20)16(22)17-10-5-2)18-15(21)13-9-7-11-19(13)3;1-10-9(7-11)8-5-3-2-4-6-8;1-3-2;2*1-2/h5,12-13H,2,4,6-11H2,1,3H3,(H,17,22)(H,18,21);7-10H,2-6H2,1H3;3H2,1-2H3;1-2H3;2H,1H3. The molecule has 2 rings (SSSR count). The third-order valence-corrected chi connectivity index (χ3v) is 6.57. The molecular formula is C31H62N4O5. The van der Waals surface area contributed by atoms with E-state index in [4.69, 9.17) is 5.11 Å². The van der Waals surface area contributed by atoms with Crippen molar-refractivity contribution in [1.82, 2.24) is 20.9 Å². The number of rotatable bonds is 12. The molecule has 236 valence electrons. The summed E-state index contributed by atoms with van der Waals surface area (Å²) in [5.41, 5.74) is 0. The van der Waals surface area contributed by atoms with Gasteiger partial charge in [0.05, 0.1) is 18.1 Å². The number of likely N-dealkylation sites (N-methyl/N-ethyl adjacent to an activating group) is 2. The smallest absolute Gasteiger partial charge is 0.289 e. The number of Topliss-reactive ketones (excluding diaryl/α,β-unsaturated/α-hetero) is 1. The molecule has 0 spiro atoms. The first-order valence-electron chi connectivity index (χ1n) is 15.3. The van der Waals surface area contributed by atoms with Crippen LogP contribution in [0.2, 0.25) is 0 Å². The molecule has 2 amide bonds. The first kappa shape index (κ1) is 42.4. The molecule has 1 saturated heterocycles. The van der Waals surface area contributed by atoms with Gasteiger partial charge in [0.15, 0.2) is 0 Å². The highest BCUT2D eigenvalue weighted by Gasteiger charge is 2.32. The van der Waals surface area contributed by atoms with E-state index in [0.717, 1.165) is 45.6 Å². The summed E-state index contributed by atoms with van der Waals surface area (Å²) in [4.78, 5) is 48.9. The lowest BCUT2D eigenvalue weighted by Crippen LogP contribution is -2.51. The number of aldehydes is 1. The lowest BCUT2D eigenvalue weighted by Gasteiger charge is -2.25. The number of hydrogen-bond donors (Lipinski definition) is 4. The van der Waals surface area contributed by atoms with E-state index in [0.29, 0.717) is 12.3 Å². The Bertz CT molecular complexity index is 654. The lowest BCUT2D eigenvalue weighted by atomic mass is 9.84. The van der Waals surface area contributed by atoms with Gasteiger partial charge in [0.1, 0.15) is 6.29 Å². The third kappa shape index (κ3) is 19.1.